The molecule has 1 radical (unpaired) electrons. The molecule has 0 atom stereocenters. The van der Waals surface area contributed by atoms with Gasteiger partial charge in [0.05, 0.1) is 0 Å². The molecule has 55 valence electrons. The second kappa shape index (κ2) is 7.92. The Labute approximate surface area is 57.1 Å². The fourth-order valence-electron chi connectivity index (χ4n) is 0.728. The molecule has 2 nitrogen and oxygen atoms in total. The van der Waals surface area contributed by atoms with E-state index in [1.54, 1.807) is 6.54 Å². The van der Waals surface area contributed by atoms with E-state index in [4.69, 9.17) is 10.8 Å². The number of hydrogen-bond acceptors (Lipinski definition) is 2. The average molecular weight is 130 g/mol. The quantitative estimate of drug-likeness (QED) is 0.528. The van der Waals surface area contributed by atoms with Crippen LogP contribution >= 0.6 is 0 Å². The van der Waals surface area contributed by atoms with Crippen LogP contribution in [0.3, 0.4) is 0 Å². The van der Waals surface area contributed by atoms with Gasteiger partial charge in [-0.1, -0.05) is 19.3 Å². The van der Waals surface area contributed by atoms with Crippen LogP contribution in [0.1, 0.15) is 32.1 Å². The van der Waals surface area contributed by atoms with Crippen molar-refractivity contribution in [3.8, 4) is 0 Å². The third-order valence-electron chi connectivity index (χ3n) is 1.28. The summed E-state index contributed by atoms with van der Waals surface area (Å²) in [6, 6.07) is 0. The van der Waals surface area contributed by atoms with Crippen LogP contribution in [0.2, 0.25) is 0 Å². The van der Waals surface area contributed by atoms with Crippen molar-refractivity contribution < 1.29 is 5.11 Å². The minimum atomic E-state index is 0.326. The maximum atomic E-state index is 8.39. The predicted molar refractivity (Wildman–Crippen MR) is 38.7 cm³/mol. The molecule has 0 heterocycles. The van der Waals surface area contributed by atoms with E-state index >= 15 is 0 Å². The third-order valence-corrected chi connectivity index (χ3v) is 1.28. The van der Waals surface area contributed by atoms with E-state index in [-0.39, 0.29) is 0 Å². The van der Waals surface area contributed by atoms with Gasteiger partial charge in [-0.2, -0.15) is 0 Å². The predicted octanol–water partition coefficient (Wildman–Crippen LogP) is 1.05. The largest absolute Gasteiger partial charge is 0.396 e. The van der Waals surface area contributed by atoms with Crippen molar-refractivity contribution >= 4 is 0 Å². The highest BCUT2D eigenvalue weighted by Crippen LogP contribution is 2.01. The number of rotatable bonds is 6. The Hall–Kier alpha value is -0.0800. The van der Waals surface area contributed by atoms with E-state index < -0.39 is 0 Å². The molecule has 0 aromatic heterocycles. The molecule has 9 heavy (non-hydrogen) atoms. The highest BCUT2D eigenvalue weighted by molar-refractivity contribution is 4.53. The summed E-state index contributed by atoms with van der Waals surface area (Å²) in [4.78, 5) is 0. The van der Waals surface area contributed by atoms with Gasteiger partial charge in [0.2, 0.25) is 0 Å². The van der Waals surface area contributed by atoms with Gasteiger partial charge in [-0.25, -0.2) is 0 Å². The molecular formula is C7H16NO. The molecule has 0 bridgehead atoms. The van der Waals surface area contributed by atoms with Gasteiger partial charge in [0.1, 0.15) is 0 Å². The zero-order chi connectivity index (χ0) is 6.95. The first-order valence-electron chi connectivity index (χ1n) is 3.56. The lowest BCUT2D eigenvalue weighted by molar-refractivity contribution is 0.282. The molecule has 0 saturated carbocycles. The zero-order valence-corrected chi connectivity index (χ0v) is 5.84. The Morgan fingerprint density at radius 2 is 1.78 bits per heavy atom. The lowest BCUT2D eigenvalue weighted by Crippen LogP contribution is -1.90. The molecular weight excluding hydrogens is 114 g/mol. The Bertz CT molecular complexity index is 42.2. The number of nitrogens with two attached hydrogens (primary N) is 1. The maximum absolute atomic E-state index is 8.39. The molecule has 0 aromatic carbocycles. The van der Waals surface area contributed by atoms with E-state index in [1.807, 2.05) is 0 Å². The van der Waals surface area contributed by atoms with Crippen molar-refractivity contribution in [3.05, 3.63) is 6.54 Å². The Morgan fingerprint density at radius 3 is 2.33 bits per heavy atom. The van der Waals surface area contributed by atoms with E-state index in [0.29, 0.717) is 6.61 Å². The summed E-state index contributed by atoms with van der Waals surface area (Å²) in [5, 5.41) is 8.39. The van der Waals surface area contributed by atoms with Gasteiger partial charge in [-0.3, -0.25) is 0 Å². The van der Waals surface area contributed by atoms with Gasteiger partial charge >= 0.3 is 0 Å². The van der Waals surface area contributed by atoms with Crippen LogP contribution in [0, 0.1) is 6.54 Å². The average Bonchev–Trinajstić information content (AvgIpc) is 1.89. The van der Waals surface area contributed by atoms with Crippen LogP contribution < -0.4 is 5.73 Å². The molecule has 0 aliphatic heterocycles. The number of hydrogen-bond donors (Lipinski definition) is 2. The molecule has 0 rings (SSSR count). The lowest BCUT2D eigenvalue weighted by Gasteiger charge is -1.95. The van der Waals surface area contributed by atoms with Crippen molar-refractivity contribution in [2.45, 2.75) is 32.1 Å². The first kappa shape index (κ1) is 8.92. The SMILES string of the molecule is N[CH]CCCCCCO. The van der Waals surface area contributed by atoms with Gasteiger partial charge in [-0.05, 0) is 12.8 Å². The lowest BCUT2D eigenvalue weighted by atomic mass is 10.1. The van der Waals surface area contributed by atoms with Crippen LogP contribution in [0.25, 0.3) is 0 Å². The van der Waals surface area contributed by atoms with Crippen LogP contribution in [0.4, 0.5) is 0 Å². The first-order chi connectivity index (χ1) is 4.41. The van der Waals surface area contributed by atoms with E-state index in [2.05, 4.69) is 0 Å². The fourth-order valence-corrected chi connectivity index (χ4v) is 0.728. The van der Waals surface area contributed by atoms with Crippen molar-refractivity contribution in [1.29, 1.82) is 0 Å². The normalized spacial score (nSPS) is 10.0. The molecule has 2 heteroatoms. The molecule has 0 aliphatic rings. The van der Waals surface area contributed by atoms with Crippen molar-refractivity contribution in [2.75, 3.05) is 6.61 Å². The van der Waals surface area contributed by atoms with Crippen molar-refractivity contribution in [2.24, 2.45) is 5.73 Å². The third kappa shape index (κ3) is 7.92. The molecule has 3 N–H and O–H groups in total. The summed E-state index contributed by atoms with van der Waals surface area (Å²) in [6.07, 6.45) is 5.42. The van der Waals surface area contributed by atoms with Gasteiger partial charge in [-0.15, -0.1) is 0 Å². The second-order valence-corrected chi connectivity index (χ2v) is 2.16. The number of aliphatic hydroxyl groups excluding tert-OH is 1. The molecule has 0 fully saturated rings. The van der Waals surface area contributed by atoms with Gasteiger partial charge < -0.3 is 10.8 Å². The summed E-state index contributed by atoms with van der Waals surface area (Å²) in [5.41, 5.74) is 5.17. The standard InChI is InChI=1S/C7H16NO/c8-6-4-2-1-3-5-7-9/h6,9H,1-5,7-8H2. The van der Waals surface area contributed by atoms with Crippen LogP contribution in [-0.2, 0) is 0 Å². The summed E-state index contributed by atoms with van der Waals surface area (Å²) in [6.45, 7) is 2.02. The Kier molecular flexibility index (Phi) is 7.85. The van der Waals surface area contributed by atoms with Crippen LogP contribution in [0.15, 0.2) is 0 Å². The molecule has 0 unspecified atom stereocenters. The minimum Gasteiger partial charge on any atom is -0.396 e. The van der Waals surface area contributed by atoms with E-state index in [9.17, 15) is 0 Å². The highest BCUT2D eigenvalue weighted by Gasteiger charge is 1.86. The highest BCUT2D eigenvalue weighted by atomic mass is 16.2. The summed E-state index contributed by atoms with van der Waals surface area (Å²) >= 11 is 0. The molecule has 0 spiro atoms. The van der Waals surface area contributed by atoms with Crippen LogP contribution in [0.5, 0.6) is 0 Å². The maximum Gasteiger partial charge on any atom is 0.0431 e. The Balaban J connectivity index is 2.60. The monoisotopic (exact) mass is 130 g/mol. The zero-order valence-electron chi connectivity index (χ0n) is 5.84. The van der Waals surface area contributed by atoms with Crippen molar-refractivity contribution in [3.63, 3.8) is 0 Å². The fraction of sp³-hybridized carbons (Fsp3) is 0.857. The second-order valence-electron chi connectivity index (χ2n) is 2.16. The van der Waals surface area contributed by atoms with Crippen molar-refractivity contribution in [1.82, 2.24) is 0 Å². The summed E-state index contributed by atoms with van der Waals surface area (Å²) in [7, 11) is 0. The summed E-state index contributed by atoms with van der Waals surface area (Å²) < 4.78 is 0. The molecule has 0 aliphatic carbocycles. The smallest absolute Gasteiger partial charge is 0.0431 e. The topological polar surface area (TPSA) is 46.2 Å². The molecule has 0 amide bonds. The first-order valence-corrected chi connectivity index (χ1v) is 3.56. The van der Waals surface area contributed by atoms with Gasteiger partial charge in [0.15, 0.2) is 0 Å². The van der Waals surface area contributed by atoms with E-state index in [0.717, 1.165) is 25.7 Å². The van der Waals surface area contributed by atoms with E-state index in [1.165, 1.54) is 6.42 Å². The van der Waals surface area contributed by atoms with Gasteiger partial charge in [0.25, 0.3) is 0 Å². The Morgan fingerprint density at radius 1 is 1.11 bits per heavy atom. The molecule has 0 saturated heterocycles. The molecule has 0 aromatic rings. The number of unbranched alkanes of at least 4 members (excludes halogenated alkanes) is 4. The number of aliphatic hydroxyl groups is 1. The summed E-state index contributed by atoms with van der Waals surface area (Å²) in [5.74, 6) is 0. The van der Waals surface area contributed by atoms with Crippen LogP contribution in [-0.4, -0.2) is 11.7 Å². The minimum absolute atomic E-state index is 0.326. The van der Waals surface area contributed by atoms with Gasteiger partial charge in [0, 0.05) is 13.2 Å².